The van der Waals surface area contributed by atoms with Crippen LogP contribution in [0.5, 0.6) is 0 Å². The van der Waals surface area contributed by atoms with E-state index in [0.29, 0.717) is 12.3 Å². The second kappa shape index (κ2) is 8.13. The molecule has 1 amide bonds. The molecule has 1 saturated heterocycles. The van der Waals surface area contributed by atoms with Crippen LogP contribution < -0.4 is 11.1 Å². The van der Waals surface area contributed by atoms with Gasteiger partial charge in [0.05, 0.1) is 18.0 Å². The Labute approximate surface area is 139 Å². The van der Waals surface area contributed by atoms with Gasteiger partial charge in [0, 0.05) is 0 Å². The largest absolute Gasteiger partial charge is 0.460 e. The highest BCUT2D eigenvalue weighted by Crippen LogP contribution is 2.31. The summed E-state index contributed by atoms with van der Waals surface area (Å²) in [6.07, 6.45) is 7.62. The van der Waals surface area contributed by atoms with Gasteiger partial charge in [0.2, 0.25) is 5.91 Å². The molecule has 3 N–H and O–H groups in total. The van der Waals surface area contributed by atoms with Crippen molar-refractivity contribution in [2.24, 2.45) is 23.5 Å². The lowest BCUT2D eigenvalue weighted by atomic mass is 9.83. The Hall–Kier alpha value is -1.10. The number of nitrogens with two attached hydrogens (primary N) is 1. The molecule has 1 aliphatic carbocycles. The number of hydrogen-bond donors (Lipinski definition) is 2. The third-order valence-electron chi connectivity index (χ3n) is 5.37. The van der Waals surface area contributed by atoms with Crippen LogP contribution in [0, 0.1) is 17.8 Å². The summed E-state index contributed by atoms with van der Waals surface area (Å²) in [5, 5.41) is 3.09. The summed E-state index contributed by atoms with van der Waals surface area (Å²) in [6.45, 7) is 5.78. The molecule has 0 aromatic rings. The fourth-order valence-electron chi connectivity index (χ4n) is 3.67. The fourth-order valence-corrected chi connectivity index (χ4v) is 3.67. The van der Waals surface area contributed by atoms with Crippen LogP contribution in [0.4, 0.5) is 0 Å². The van der Waals surface area contributed by atoms with E-state index in [2.05, 4.69) is 5.32 Å². The number of carbonyl (C=O) groups is 2. The van der Waals surface area contributed by atoms with Crippen molar-refractivity contribution in [2.75, 3.05) is 0 Å². The van der Waals surface area contributed by atoms with Crippen molar-refractivity contribution in [3.8, 4) is 0 Å². The Balaban J connectivity index is 2.01. The number of hydrogen-bond acceptors (Lipinski definition) is 4. The van der Waals surface area contributed by atoms with Crippen molar-refractivity contribution in [1.82, 2.24) is 5.32 Å². The van der Waals surface area contributed by atoms with Gasteiger partial charge in [-0.2, -0.15) is 0 Å². The number of cyclic esters (lactones) is 1. The molecule has 132 valence electrons. The topological polar surface area (TPSA) is 81.4 Å². The van der Waals surface area contributed by atoms with Gasteiger partial charge in [-0.25, -0.2) is 0 Å². The van der Waals surface area contributed by atoms with E-state index in [4.69, 9.17) is 10.5 Å². The van der Waals surface area contributed by atoms with Gasteiger partial charge in [-0.1, -0.05) is 52.9 Å². The first-order chi connectivity index (χ1) is 10.9. The van der Waals surface area contributed by atoms with Crippen LogP contribution in [-0.4, -0.2) is 30.1 Å². The second-order valence-corrected chi connectivity index (χ2v) is 7.74. The average molecular weight is 324 g/mol. The molecule has 0 aromatic carbocycles. The van der Waals surface area contributed by atoms with Crippen LogP contribution in [0.2, 0.25) is 0 Å². The van der Waals surface area contributed by atoms with Crippen molar-refractivity contribution in [3.05, 3.63) is 0 Å². The number of esters is 1. The predicted octanol–water partition coefficient (Wildman–Crippen LogP) is 2.38. The highest BCUT2D eigenvalue weighted by atomic mass is 16.6. The summed E-state index contributed by atoms with van der Waals surface area (Å²) < 4.78 is 5.52. The van der Waals surface area contributed by atoms with Gasteiger partial charge < -0.3 is 15.8 Å². The molecule has 0 unspecified atom stereocenters. The van der Waals surface area contributed by atoms with Crippen LogP contribution in [0.3, 0.4) is 0 Å². The third kappa shape index (κ3) is 4.93. The highest BCUT2D eigenvalue weighted by molar-refractivity contribution is 5.82. The zero-order valence-corrected chi connectivity index (χ0v) is 14.7. The summed E-state index contributed by atoms with van der Waals surface area (Å²) in [5.74, 6) is 0.348. The van der Waals surface area contributed by atoms with E-state index in [1.807, 2.05) is 20.8 Å². The zero-order chi connectivity index (χ0) is 17.0. The Morgan fingerprint density at radius 1 is 1.30 bits per heavy atom. The lowest BCUT2D eigenvalue weighted by Gasteiger charge is -2.31. The van der Waals surface area contributed by atoms with Crippen LogP contribution in [-0.2, 0) is 14.3 Å². The maximum atomic E-state index is 12.4. The quantitative estimate of drug-likeness (QED) is 0.735. The van der Waals surface area contributed by atoms with E-state index in [-0.39, 0.29) is 35.9 Å². The minimum absolute atomic E-state index is 0.0791. The molecule has 1 heterocycles. The van der Waals surface area contributed by atoms with Crippen molar-refractivity contribution in [1.29, 1.82) is 0 Å². The molecule has 1 saturated carbocycles. The number of nitrogens with one attached hydrogen (secondary N) is 1. The van der Waals surface area contributed by atoms with Crippen molar-refractivity contribution in [3.63, 3.8) is 0 Å². The number of carbonyl (C=O) groups excluding carboxylic acids is 2. The first-order valence-electron chi connectivity index (χ1n) is 9.15. The van der Waals surface area contributed by atoms with Crippen molar-refractivity contribution < 1.29 is 14.3 Å². The standard InChI is InChI=1S/C18H32N2O3/c1-11(2)16(19)17(21)20-14(10-13-7-5-4-6-8-13)15-9-12(3)18(22)23-15/h11-16H,4-10,19H2,1-3H3,(H,20,21)/t12-,14+,15+,16+/m1/s1. The van der Waals surface area contributed by atoms with E-state index in [9.17, 15) is 9.59 Å². The Bertz CT molecular complexity index is 418. The lowest BCUT2D eigenvalue weighted by Crippen LogP contribution is -2.52. The van der Waals surface area contributed by atoms with Gasteiger partial charge in [-0.3, -0.25) is 9.59 Å². The molecule has 0 bridgehead atoms. The molecule has 2 fully saturated rings. The molecular formula is C18H32N2O3. The molecule has 0 radical (unpaired) electrons. The van der Waals surface area contributed by atoms with Crippen LogP contribution >= 0.6 is 0 Å². The molecule has 1 aliphatic heterocycles. The van der Waals surface area contributed by atoms with Crippen LogP contribution in [0.15, 0.2) is 0 Å². The Morgan fingerprint density at radius 3 is 2.48 bits per heavy atom. The smallest absolute Gasteiger partial charge is 0.309 e. The van der Waals surface area contributed by atoms with Gasteiger partial charge in [0.1, 0.15) is 6.10 Å². The summed E-state index contributed by atoms with van der Waals surface area (Å²) >= 11 is 0. The van der Waals surface area contributed by atoms with Gasteiger partial charge in [-0.15, -0.1) is 0 Å². The van der Waals surface area contributed by atoms with E-state index in [1.165, 1.54) is 32.1 Å². The monoisotopic (exact) mass is 324 g/mol. The van der Waals surface area contributed by atoms with Crippen molar-refractivity contribution >= 4 is 11.9 Å². The molecular weight excluding hydrogens is 292 g/mol. The molecule has 0 aromatic heterocycles. The highest BCUT2D eigenvalue weighted by Gasteiger charge is 2.38. The van der Waals surface area contributed by atoms with Crippen LogP contribution in [0.1, 0.15) is 65.7 Å². The maximum Gasteiger partial charge on any atom is 0.309 e. The minimum atomic E-state index is -0.515. The Morgan fingerprint density at radius 2 is 1.96 bits per heavy atom. The lowest BCUT2D eigenvalue weighted by molar-refractivity contribution is -0.145. The average Bonchev–Trinajstić information content (AvgIpc) is 2.86. The van der Waals surface area contributed by atoms with E-state index >= 15 is 0 Å². The van der Waals surface area contributed by atoms with E-state index in [0.717, 1.165) is 6.42 Å². The number of rotatable bonds is 6. The van der Waals surface area contributed by atoms with Gasteiger partial charge >= 0.3 is 5.97 Å². The molecule has 2 rings (SSSR count). The van der Waals surface area contributed by atoms with Crippen molar-refractivity contribution in [2.45, 2.75) is 83.9 Å². The SMILES string of the molecule is CC(C)[C@H](N)C(=O)N[C@@H](CC1CCCCC1)[C@@H]1C[C@@H](C)C(=O)O1. The normalized spacial score (nSPS) is 28.5. The maximum absolute atomic E-state index is 12.4. The van der Waals surface area contributed by atoms with E-state index in [1.54, 1.807) is 0 Å². The molecule has 5 heteroatoms. The molecule has 23 heavy (non-hydrogen) atoms. The predicted molar refractivity (Wildman–Crippen MR) is 89.6 cm³/mol. The summed E-state index contributed by atoms with van der Waals surface area (Å²) in [7, 11) is 0. The van der Waals surface area contributed by atoms with Gasteiger partial charge in [0.15, 0.2) is 0 Å². The van der Waals surface area contributed by atoms with Gasteiger partial charge in [-0.05, 0) is 24.7 Å². The fraction of sp³-hybridized carbons (Fsp3) is 0.889. The molecule has 5 nitrogen and oxygen atoms in total. The summed E-state index contributed by atoms with van der Waals surface area (Å²) in [5.41, 5.74) is 5.97. The van der Waals surface area contributed by atoms with Crippen LogP contribution in [0.25, 0.3) is 0 Å². The minimum Gasteiger partial charge on any atom is -0.460 e. The second-order valence-electron chi connectivity index (χ2n) is 7.74. The summed E-state index contributed by atoms with van der Waals surface area (Å²) in [4.78, 5) is 24.1. The molecule has 2 aliphatic rings. The Kier molecular flexibility index (Phi) is 6.45. The summed E-state index contributed by atoms with van der Waals surface area (Å²) in [6, 6.07) is -0.623. The molecule has 0 spiro atoms. The third-order valence-corrected chi connectivity index (χ3v) is 5.37. The van der Waals surface area contributed by atoms with Gasteiger partial charge in [0.25, 0.3) is 0 Å². The van der Waals surface area contributed by atoms with E-state index < -0.39 is 6.04 Å². The molecule has 4 atom stereocenters. The first-order valence-corrected chi connectivity index (χ1v) is 9.15. The number of ether oxygens (including phenoxy) is 1. The number of amides is 1. The zero-order valence-electron chi connectivity index (χ0n) is 14.7. The first kappa shape index (κ1) is 18.2.